The van der Waals surface area contributed by atoms with Crippen LogP contribution in [0.2, 0.25) is 0 Å². The van der Waals surface area contributed by atoms with E-state index in [9.17, 15) is 4.79 Å². The first-order valence-electron chi connectivity index (χ1n) is 10.7. The summed E-state index contributed by atoms with van der Waals surface area (Å²) in [6, 6.07) is 17.9. The number of rotatable bonds is 8. The number of carbonyl (C=O) groups is 1. The van der Waals surface area contributed by atoms with Gasteiger partial charge in [0.25, 0.3) is 5.91 Å². The zero-order valence-corrected chi connectivity index (χ0v) is 19.8. The van der Waals surface area contributed by atoms with E-state index in [0.29, 0.717) is 22.4 Å². The topological polar surface area (TPSA) is 47.4 Å². The zero-order chi connectivity index (χ0) is 22.5. The van der Waals surface area contributed by atoms with Gasteiger partial charge < -0.3 is 4.74 Å². The van der Waals surface area contributed by atoms with E-state index < -0.39 is 0 Å². The lowest BCUT2D eigenvalue weighted by atomic mass is 10.1. The van der Waals surface area contributed by atoms with Crippen LogP contribution in [0.25, 0.3) is 23.0 Å². The van der Waals surface area contributed by atoms with Crippen molar-refractivity contribution in [2.45, 2.75) is 26.7 Å². The van der Waals surface area contributed by atoms with Crippen molar-refractivity contribution in [1.29, 1.82) is 0 Å². The molecule has 7 heteroatoms. The molecule has 1 amide bonds. The second-order valence-corrected chi connectivity index (χ2v) is 9.04. The Morgan fingerprint density at radius 2 is 1.84 bits per heavy atom. The number of nitrogens with zero attached hydrogens (tertiary/aromatic N) is 3. The van der Waals surface area contributed by atoms with Crippen LogP contribution in [-0.4, -0.2) is 38.1 Å². The number of amides is 1. The summed E-state index contributed by atoms with van der Waals surface area (Å²) >= 11 is 6.70. The highest BCUT2D eigenvalue weighted by Crippen LogP contribution is 2.35. The van der Waals surface area contributed by atoms with Crippen molar-refractivity contribution in [3.05, 3.63) is 71.3 Å². The maximum Gasteiger partial charge on any atom is 0.266 e. The molecule has 0 radical (unpaired) electrons. The Morgan fingerprint density at radius 1 is 1.09 bits per heavy atom. The van der Waals surface area contributed by atoms with E-state index in [0.717, 1.165) is 41.1 Å². The van der Waals surface area contributed by atoms with Gasteiger partial charge in [-0.25, -0.2) is 4.68 Å². The summed E-state index contributed by atoms with van der Waals surface area (Å²) in [5, 5.41) is 4.85. The number of hydrogen-bond donors (Lipinski definition) is 0. The highest BCUT2D eigenvalue weighted by atomic mass is 32.2. The van der Waals surface area contributed by atoms with Crippen LogP contribution in [0.1, 0.15) is 32.3 Å². The molecule has 0 unspecified atom stereocenters. The molecule has 0 spiro atoms. The number of likely N-dealkylation sites (N-methyl/N-ethyl adjacent to an activating group) is 1. The monoisotopic (exact) mass is 463 g/mol. The largest absolute Gasteiger partial charge is 0.494 e. The van der Waals surface area contributed by atoms with Crippen molar-refractivity contribution in [3.63, 3.8) is 0 Å². The van der Waals surface area contributed by atoms with Gasteiger partial charge >= 0.3 is 0 Å². The van der Waals surface area contributed by atoms with E-state index in [1.54, 1.807) is 4.90 Å². The Bertz CT molecular complexity index is 1140. The maximum absolute atomic E-state index is 12.8. The van der Waals surface area contributed by atoms with Gasteiger partial charge in [-0.3, -0.25) is 9.69 Å². The fourth-order valence-corrected chi connectivity index (χ4v) is 4.76. The van der Waals surface area contributed by atoms with Crippen LogP contribution in [0.4, 0.5) is 0 Å². The molecule has 0 saturated carbocycles. The molecular formula is C25H25N3O2S2. The Labute approximate surface area is 198 Å². The molecule has 0 N–H and O–H groups in total. The lowest BCUT2D eigenvalue weighted by molar-refractivity contribution is -0.121. The van der Waals surface area contributed by atoms with Crippen molar-refractivity contribution in [1.82, 2.24) is 14.7 Å². The van der Waals surface area contributed by atoms with Crippen LogP contribution in [0.5, 0.6) is 5.75 Å². The smallest absolute Gasteiger partial charge is 0.266 e. The van der Waals surface area contributed by atoms with Crippen LogP contribution in [0.15, 0.2) is 65.7 Å². The average molecular weight is 464 g/mol. The predicted molar refractivity (Wildman–Crippen MR) is 135 cm³/mol. The molecule has 1 aromatic heterocycles. The van der Waals surface area contributed by atoms with Gasteiger partial charge in [0, 0.05) is 23.9 Å². The second kappa shape index (κ2) is 10.1. The first-order chi connectivity index (χ1) is 15.6. The Balaban J connectivity index is 1.71. The summed E-state index contributed by atoms with van der Waals surface area (Å²) in [5.41, 5.74) is 3.58. The van der Waals surface area contributed by atoms with Gasteiger partial charge in [0.15, 0.2) is 0 Å². The van der Waals surface area contributed by atoms with Crippen molar-refractivity contribution in [3.8, 4) is 22.7 Å². The fraction of sp³-hybridized carbons (Fsp3) is 0.240. The van der Waals surface area contributed by atoms with E-state index in [1.807, 2.05) is 78.5 Å². The molecule has 0 atom stereocenters. The zero-order valence-electron chi connectivity index (χ0n) is 18.2. The number of carbonyl (C=O) groups excluding carboxylic acids is 1. The summed E-state index contributed by atoms with van der Waals surface area (Å²) in [6.07, 6.45) is 5.98. The Morgan fingerprint density at radius 3 is 2.50 bits per heavy atom. The molecular weight excluding hydrogens is 438 g/mol. The molecule has 1 aliphatic rings. The standard InChI is InChI=1S/C25H25N3O2S2/c1-3-5-15-30-21-13-11-18(12-14-21)23-19(16-22-24(29)27(4-2)25(31)32-22)17-28(26-23)20-9-7-6-8-10-20/h6-14,16-17H,3-5,15H2,1-2H3. The minimum absolute atomic E-state index is 0.0550. The molecule has 1 aliphatic heterocycles. The molecule has 0 bridgehead atoms. The van der Waals surface area contributed by atoms with Gasteiger partial charge in [0.1, 0.15) is 10.1 Å². The van der Waals surface area contributed by atoms with Gasteiger partial charge in [-0.1, -0.05) is 55.5 Å². The number of ether oxygens (including phenoxy) is 1. The van der Waals surface area contributed by atoms with E-state index in [4.69, 9.17) is 22.1 Å². The number of benzene rings is 2. The average Bonchev–Trinajstić information content (AvgIpc) is 3.35. The SMILES string of the molecule is CCCCOc1ccc(-c2nn(-c3ccccc3)cc2C=C2SC(=S)N(CC)C2=O)cc1. The first kappa shape index (κ1) is 22.3. The molecule has 2 aromatic carbocycles. The molecule has 2 heterocycles. The van der Waals surface area contributed by atoms with Crippen molar-refractivity contribution in [2.75, 3.05) is 13.2 Å². The van der Waals surface area contributed by atoms with Gasteiger partial charge in [-0.2, -0.15) is 5.10 Å². The number of thiocarbonyl (C=S) groups is 1. The fourth-order valence-electron chi connectivity index (χ4n) is 3.39. The third-order valence-corrected chi connectivity index (χ3v) is 6.51. The number of hydrogen-bond acceptors (Lipinski definition) is 5. The maximum atomic E-state index is 12.8. The molecule has 1 saturated heterocycles. The molecule has 5 nitrogen and oxygen atoms in total. The Hall–Kier alpha value is -2.90. The van der Waals surface area contributed by atoms with E-state index in [1.165, 1.54) is 11.8 Å². The number of aromatic nitrogens is 2. The van der Waals surface area contributed by atoms with Crippen LogP contribution in [0, 0.1) is 0 Å². The molecule has 32 heavy (non-hydrogen) atoms. The summed E-state index contributed by atoms with van der Waals surface area (Å²) in [4.78, 5) is 15.0. The van der Waals surface area contributed by atoms with Crippen LogP contribution in [0.3, 0.4) is 0 Å². The summed E-state index contributed by atoms with van der Waals surface area (Å²) < 4.78 is 8.23. The molecule has 0 aliphatic carbocycles. The number of unbranched alkanes of at least 4 members (excludes halogenated alkanes) is 1. The van der Waals surface area contributed by atoms with E-state index >= 15 is 0 Å². The highest BCUT2D eigenvalue weighted by Gasteiger charge is 2.31. The summed E-state index contributed by atoms with van der Waals surface area (Å²) in [6.45, 7) is 5.35. The molecule has 1 fully saturated rings. The van der Waals surface area contributed by atoms with Crippen LogP contribution >= 0.6 is 24.0 Å². The minimum Gasteiger partial charge on any atom is -0.494 e. The predicted octanol–water partition coefficient (Wildman–Crippen LogP) is 5.94. The van der Waals surface area contributed by atoms with Crippen LogP contribution < -0.4 is 4.74 Å². The normalized spacial score (nSPS) is 15.1. The second-order valence-electron chi connectivity index (χ2n) is 7.37. The van der Waals surface area contributed by atoms with Gasteiger partial charge in [-0.15, -0.1) is 0 Å². The van der Waals surface area contributed by atoms with Crippen molar-refractivity contribution >= 4 is 40.3 Å². The van der Waals surface area contributed by atoms with Crippen molar-refractivity contribution in [2.24, 2.45) is 0 Å². The summed E-state index contributed by atoms with van der Waals surface area (Å²) in [7, 11) is 0. The Kier molecular flexibility index (Phi) is 7.07. The quantitative estimate of drug-likeness (QED) is 0.235. The van der Waals surface area contributed by atoms with Crippen molar-refractivity contribution < 1.29 is 9.53 Å². The third kappa shape index (κ3) is 4.79. The van der Waals surface area contributed by atoms with Gasteiger partial charge in [-0.05, 0) is 55.8 Å². The van der Waals surface area contributed by atoms with Crippen LogP contribution in [-0.2, 0) is 4.79 Å². The summed E-state index contributed by atoms with van der Waals surface area (Å²) in [5.74, 6) is 0.788. The van der Waals surface area contributed by atoms with E-state index in [2.05, 4.69) is 6.92 Å². The number of thioether (sulfide) groups is 1. The highest BCUT2D eigenvalue weighted by molar-refractivity contribution is 8.26. The van der Waals surface area contributed by atoms with Gasteiger partial charge in [0.05, 0.1) is 22.9 Å². The number of para-hydroxylation sites is 1. The molecule has 4 rings (SSSR count). The van der Waals surface area contributed by atoms with Gasteiger partial charge in [0.2, 0.25) is 0 Å². The minimum atomic E-state index is -0.0550. The molecule has 3 aromatic rings. The third-order valence-electron chi connectivity index (χ3n) is 5.13. The first-order valence-corrected chi connectivity index (χ1v) is 12.0. The lowest BCUT2D eigenvalue weighted by Crippen LogP contribution is -2.27. The van der Waals surface area contributed by atoms with E-state index in [-0.39, 0.29) is 5.91 Å². The molecule has 164 valence electrons. The lowest BCUT2D eigenvalue weighted by Gasteiger charge is -2.09.